The van der Waals surface area contributed by atoms with E-state index in [0.717, 1.165) is 28.0 Å². The van der Waals surface area contributed by atoms with Crippen LogP contribution in [0.2, 0.25) is 0 Å². The number of carboxylic acid groups (broad SMARTS) is 1. The maximum absolute atomic E-state index is 11.3. The minimum atomic E-state index is -0.912. The fourth-order valence-electron chi connectivity index (χ4n) is 1.77. The van der Waals surface area contributed by atoms with Gasteiger partial charge in [-0.05, 0) is 12.0 Å². The zero-order chi connectivity index (χ0) is 13.8. The lowest BCUT2D eigenvalue weighted by Crippen LogP contribution is -2.03. The monoisotopic (exact) mass is 275 g/mol. The lowest BCUT2D eigenvalue weighted by Gasteiger charge is -2.12. The summed E-state index contributed by atoms with van der Waals surface area (Å²) in [5.41, 5.74) is 1.14. The minimum Gasteiger partial charge on any atom is -0.478 e. The number of aromatic carboxylic acids is 1. The second-order valence-electron chi connectivity index (χ2n) is 4.65. The molecule has 2 rings (SSSR count). The fraction of sp³-hybridized carbons (Fsp3) is 0.333. The molecule has 1 atom stereocenters. The second kappa shape index (κ2) is 6.06. The molecule has 1 N–H and O–H groups in total. The van der Waals surface area contributed by atoms with Gasteiger partial charge in [-0.15, -0.1) is 11.8 Å². The van der Waals surface area contributed by atoms with Gasteiger partial charge in [0.05, 0.1) is 11.1 Å². The van der Waals surface area contributed by atoms with E-state index in [0.29, 0.717) is 11.5 Å². The van der Waals surface area contributed by atoms with E-state index >= 15 is 0 Å². The van der Waals surface area contributed by atoms with Crippen LogP contribution in [0.4, 0.5) is 0 Å². The van der Waals surface area contributed by atoms with Crippen molar-refractivity contribution in [1.29, 1.82) is 0 Å². The molecule has 0 fully saturated rings. The van der Waals surface area contributed by atoms with Crippen molar-refractivity contribution in [2.75, 3.05) is 5.75 Å². The summed E-state index contributed by atoms with van der Waals surface area (Å²) in [5.74, 6) is 0.577. The van der Waals surface area contributed by atoms with Gasteiger partial charge < -0.3 is 5.11 Å². The van der Waals surface area contributed by atoms with Gasteiger partial charge in [0.25, 0.3) is 0 Å². The second-order valence-corrected chi connectivity index (χ2v) is 5.68. The highest BCUT2D eigenvalue weighted by molar-refractivity contribution is 7.99. The summed E-state index contributed by atoms with van der Waals surface area (Å²) >= 11 is 1.62. The number of pyridine rings is 1. The average molecular weight is 275 g/mol. The van der Waals surface area contributed by atoms with Crippen molar-refractivity contribution >= 4 is 28.6 Å². The van der Waals surface area contributed by atoms with Crippen LogP contribution in [0.5, 0.6) is 0 Å². The summed E-state index contributed by atoms with van der Waals surface area (Å²) in [6.07, 6.45) is 2.56. The Morgan fingerprint density at radius 2 is 2.16 bits per heavy atom. The summed E-state index contributed by atoms with van der Waals surface area (Å²) in [5, 5.41) is 10.2. The van der Waals surface area contributed by atoms with Gasteiger partial charge in [-0.1, -0.05) is 38.5 Å². The molecule has 0 aliphatic rings. The molecule has 0 aliphatic heterocycles. The van der Waals surface area contributed by atoms with Crippen molar-refractivity contribution < 1.29 is 9.90 Å². The predicted molar refractivity (Wildman–Crippen MR) is 78.9 cm³/mol. The van der Waals surface area contributed by atoms with Crippen molar-refractivity contribution in [3.8, 4) is 0 Å². The van der Waals surface area contributed by atoms with Crippen molar-refractivity contribution in [2.24, 2.45) is 5.92 Å². The number of aromatic nitrogens is 1. The summed E-state index contributed by atoms with van der Waals surface area (Å²) in [6.45, 7) is 4.32. The Balaban J connectivity index is 2.46. The number of thioether (sulfide) groups is 1. The molecule has 0 saturated carbocycles. The first-order chi connectivity index (χ1) is 9.13. The predicted octanol–water partition coefficient (Wildman–Crippen LogP) is 4.07. The fourth-order valence-corrected chi connectivity index (χ4v) is 3.08. The van der Waals surface area contributed by atoms with E-state index in [2.05, 4.69) is 18.8 Å². The van der Waals surface area contributed by atoms with Crippen LogP contribution >= 0.6 is 11.8 Å². The highest BCUT2D eigenvalue weighted by Gasteiger charge is 2.15. The number of benzene rings is 1. The highest BCUT2D eigenvalue weighted by Crippen LogP contribution is 2.32. The van der Waals surface area contributed by atoms with Crippen LogP contribution in [-0.4, -0.2) is 21.8 Å². The number of nitrogens with zero attached hydrogens (tertiary/aromatic N) is 1. The van der Waals surface area contributed by atoms with E-state index in [1.54, 1.807) is 11.8 Å². The van der Waals surface area contributed by atoms with Crippen molar-refractivity contribution in [2.45, 2.75) is 25.2 Å². The molecule has 0 radical (unpaired) electrons. The molecule has 1 heterocycles. The standard InChI is InChI=1S/C15H17NO2S/c1-3-10(2)9-19-14-11-6-4-5-7-13(11)16-8-12(14)15(17)18/h4-8,10H,3,9H2,1-2H3,(H,17,18). The first-order valence-corrected chi connectivity index (χ1v) is 7.35. The molecule has 2 aromatic rings. The third-order valence-electron chi connectivity index (χ3n) is 3.17. The zero-order valence-corrected chi connectivity index (χ0v) is 11.9. The third-order valence-corrected chi connectivity index (χ3v) is 4.63. The molecule has 0 aliphatic carbocycles. The third kappa shape index (κ3) is 3.07. The molecule has 0 bridgehead atoms. The van der Waals surface area contributed by atoms with Crippen molar-refractivity contribution in [3.63, 3.8) is 0 Å². The number of carboxylic acids is 1. The maximum Gasteiger partial charge on any atom is 0.338 e. The lowest BCUT2D eigenvalue weighted by molar-refractivity contribution is 0.0693. The van der Waals surface area contributed by atoms with Gasteiger partial charge in [0.1, 0.15) is 0 Å². The molecule has 100 valence electrons. The van der Waals surface area contributed by atoms with Gasteiger partial charge in [0, 0.05) is 22.2 Å². The molecule has 0 amide bonds. The van der Waals surface area contributed by atoms with Crippen LogP contribution in [0.15, 0.2) is 35.4 Å². The van der Waals surface area contributed by atoms with E-state index in [1.807, 2.05) is 24.3 Å². The number of fused-ring (bicyclic) bond motifs is 1. The van der Waals surface area contributed by atoms with E-state index < -0.39 is 5.97 Å². The van der Waals surface area contributed by atoms with Gasteiger partial charge in [-0.2, -0.15) is 0 Å². The largest absolute Gasteiger partial charge is 0.478 e. The van der Waals surface area contributed by atoms with Crippen LogP contribution in [0.1, 0.15) is 30.6 Å². The van der Waals surface area contributed by atoms with Gasteiger partial charge in [-0.3, -0.25) is 4.98 Å². The molecule has 1 aromatic heterocycles. The van der Waals surface area contributed by atoms with E-state index in [-0.39, 0.29) is 0 Å². The van der Waals surface area contributed by atoms with Gasteiger partial charge in [0.2, 0.25) is 0 Å². The van der Waals surface area contributed by atoms with Crippen LogP contribution in [0.25, 0.3) is 10.9 Å². The van der Waals surface area contributed by atoms with E-state index in [9.17, 15) is 9.90 Å². The highest BCUT2D eigenvalue weighted by atomic mass is 32.2. The van der Waals surface area contributed by atoms with Crippen molar-refractivity contribution in [1.82, 2.24) is 4.98 Å². The molecular formula is C15H17NO2S. The number of carbonyl (C=O) groups is 1. The van der Waals surface area contributed by atoms with Crippen LogP contribution in [0, 0.1) is 5.92 Å². The molecule has 1 aromatic carbocycles. The molecule has 3 nitrogen and oxygen atoms in total. The SMILES string of the molecule is CCC(C)CSc1c(C(=O)O)cnc2ccccc12. The molecule has 0 saturated heterocycles. The normalized spacial score (nSPS) is 12.5. The number of hydrogen-bond donors (Lipinski definition) is 1. The van der Waals surface area contributed by atoms with E-state index in [1.165, 1.54) is 6.20 Å². The molecular weight excluding hydrogens is 258 g/mol. The first kappa shape index (κ1) is 13.9. The van der Waals surface area contributed by atoms with E-state index in [4.69, 9.17) is 0 Å². The first-order valence-electron chi connectivity index (χ1n) is 6.37. The maximum atomic E-state index is 11.3. The van der Waals surface area contributed by atoms with Crippen LogP contribution < -0.4 is 0 Å². The topological polar surface area (TPSA) is 50.2 Å². The molecule has 1 unspecified atom stereocenters. The summed E-state index contributed by atoms with van der Waals surface area (Å²) in [4.78, 5) is 16.4. The smallest absolute Gasteiger partial charge is 0.338 e. The molecule has 4 heteroatoms. The van der Waals surface area contributed by atoms with Crippen molar-refractivity contribution in [3.05, 3.63) is 36.0 Å². The lowest BCUT2D eigenvalue weighted by atomic mass is 10.1. The Morgan fingerprint density at radius 1 is 1.42 bits per heavy atom. The Bertz CT molecular complexity index is 598. The molecule has 19 heavy (non-hydrogen) atoms. The van der Waals surface area contributed by atoms with Gasteiger partial charge >= 0.3 is 5.97 Å². The Morgan fingerprint density at radius 3 is 2.84 bits per heavy atom. The molecule has 0 spiro atoms. The Labute approximate surface area is 117 Å². The zero-order valence-electron chi connectivity index (χ0n) is 11.1. The summed E-state index contributed by atoms with van der Waals surface area (Å²) in [6, 6.07) is 7.68. The van der Waals surface area contributed by atoms with Gasteiger partial charge in [0.15, 0.2) is 0 Å². The average Bonchev–Trinajstić information content (AvgIpc) is 2.43. The number of para-hydroxylation sites is 1. The number of rotatable bonds is 5. The van der Waals surface area contributed by atoms with Crippen LogP contribution in [0.3, 0.4) is 0 Å². The Kier molecular flexibility index (Phi) is 4.43. The number of hydrogen-bond acceptors (Lipinski definition) is 3. The Hall–Kier alpha value is -1.55. The van der Waals surface area contributed by atoms with Crippen LogP contribution in [-0.2, 0) is 0 Å². The minimum absolute atomic E-state index is 0.298. The quantitative estimate of drug-likeness (QED) is 0.836. The summed E-state index contributed by atoms with van der Waals surface area (Å²) in [7, 11) is 0. The van der Waals surface area contributed by atoms with Gasteiger partial charge in [-0.25, -0.2) is 4.79 Å². The summed E-state index contributed by atoms with van der Waals surface area (Å²) < 4.78 is 0.